The van der Waals surface area contributed by atoms with Crippen LogP contribution in [-0.2, 0) is 20.2 Å². The summed E-state index contributed by atoms with van der Waals surface area (Å²) in [5.41, 5.74) is 0. The Balaban J connectivity index is 0.000000756. The van der Waals surface area contributed by atoms with E-state index in [2.05, 4.69) is 83.3 Å². The average Bonchev–Trinajstić information content (AvgIpc) is 3.05. The molecule has 0 amide bonds. The van der Waals surface area contributed by atoms with Crippen LogP contribution in [0.1, 0.15) is 90.9 Å². The molecule has 0 aromatic heterocycles. The number of rotatable bonds is 21. The smallest absolute Gasteiger partial charge is 0.438 e. The largest absolute Gasteiger partial charge is 0.494 e. The van der Waals surface area contributed by atoms with Gasteiger partial charge in [-0.1, -0.05) is 78.1 Å². The fraction of sp³-hybridized carbons (Fsp3) is 0.625. The lowest BCUT2D eigenvalue weighted by Gasteiger charge is -2.33. The number of unbranched alkanes of at least 4 members (excludes halogenated alkanes) is 10. The third kappa shape index (κ3) is 16.6. The van der Waals surface area contributed by atoms with Gasteiger partial charge in [-0.3, -0.25) is 9.11 Å². The monoisotopic (exact) mass is 1030 g/mol. The molecule has 0 atom stereocenters. The molecule has 20 heteroatoms. The summed E-state index contributed by atoms with van der Waals surface area (Å²) in [5, 5.41) is -14.3. The van der Waals surface area contributed by atoms with Crippen LogP contribution in [0.4, 0.5) is 35.1 Å². The summed E-state index contributed by atoms with van der Waals surface area (Å²) in [6, 6.07) is 16.5. The summed E-state index contributed by atoms with van der Waals surface area (Å²) in [4.78, 5) is 0. The molecule has 0 saturated carbocycles. The second kappa shape index (κ2) is 23.6. The van der Waals surface area contributed by atoms with Gasteiger partial charge in [0.15, 0.2) is 0 Å². The van der Waals surface area contributed by atoms with E-state index in [9.17, 15) is 52.0 Å². The first-order chi connectivity index (χ1) is 23.9. The Kier molecular flexibility index (Phi) is 23.1. The average molecular weight is 1030 g/mol. The third-order valence-corrected chi connectivity index (χ3v) is 10.2. The second-order valence-electron chi connectivity index (χ2n) is 11.3. The van der Waals surface area contributed by atoms with Crippen LogP contribution in [-0.4, -0.2) is 61.5 Å². The van der Waals surface area contributed by atoms with Crippen molar-refractivity contribution in [3.63, 3.8) is 0 Å². The molecule has 0 spiro atoms. The number of halogens is 10. The van der Waals surface area contributed by atoms with Gasteiger partial charge in [0.25, 0.3) is 0 Å². The molecule has 2 N–H and O–H groups in total. The molecule has 0 radical (unpaired) electrons. The Morgan fingerprint density at radius 1 is 0.500 bits per heavy atom. The molecule has 2 aromatic rings. The lowest BCUT2D eigenvalue weighted by atomic mass is 10.1. The normalized spacial score (nSPS) is 12.7. The van der Waals surface area contributed by atoms with E-state index in [1.165, 1.54) is 84.2 Å². The van der Waals surface area contributed by atoms with Crippen LogP contribution in [0.25, 0.3) is 0 Å². The summed E-state index contributed by atoms with van der Waals surface area (Å²) in [6.45, 7) is 6.21. The molecule has 0 saturated heterocycles. The number of benzene rings is 2. The van der Waals surface area contributed by atoms with E-state index >= 15 is 0 Å². The summed E-state index contributed by atoms with van der Waals surface area (Å²) in [6.07, 6.45) is 15.8. The Morgan fingerprint density at radius 2 is 0.750 bits per heavy atom. The van der Waals surface area contributed by atoms with E-state index < -0.39 is 42.6 Å². The highest BCUT2D eigenvalue weighted by molar-refractivity contribution is 14.1. The SMILES string of the molecule is CCCCCCCCOc1ccc(I)cc1.CCCCCCCCOc1ccc(I)cc1.O=S(=O)(O)C(F)(F)C(F)(F)C(F)(F)C(F)(F)S(=O)(=O)O. The number of alkyl halides is 8. The molecule has 2 rings (SSSR count). The molecule has 52 heavy (non-hydrogen) atoms. The molecular formula is C32H44F8I2O8S2. The molecule has 0 heterocycles. The maximum absolute atomic E-state index is 12.6. The van der Waals surface area contributed by atoms with Gasteiger partial charge in [0.1, 0.15) is 11.5 Å². The van der Waals surface area contributed by atoms with E-state index in [1.807, 2.05) is 24.3 Å². The molecule has 0 bridgehead atoms. The van der Waals surface area contributed by atoms with E-state index in [4.69, 9.17) is 18.6 Å². The molecule has 0 aliphatic heterocycles. The predicted octanol–water partition coefficient (Wildman–Crippen LogP) is 11.3. The van der Waals surface area contributed by atoms with E-state index in [0.29, 0.717) is 0 Å². The molecular weight excluding hydrogens is 982 g/mol. The van der Waals surface area contributed by atoms with Crippen molar-refractivity contribution in [2.45, 2.75) is 113 Å². The van der Waals surface area contributed by atoms with E-state index in [0.717, 1.165) is 24.7 Å². The zero-order valence-electron chi connectivity index (χ0n) is 28.5. The van der Waals surface area contributed by atoms with Gasteiger partial charge in [0, 0.05) is 7.14 Å². The van der Waals surface area contributed by atoms with Gasteiger partial charge < -0.3 is 9.47 Å². The number of ether oxygens (including phenoxy) is 2. The summed E-state index contributed by atoms with van der Waals surface area (Å²) in [5.74, 6) is -13.2. The molecule has 0 aliphatic rings. The zero-order chi connectivity index (χ0) is 40.3. The van der Waals surface area contributed by atoms with Gasteiger partial charge in [-0.25, -0.2) is 0 Å². The van der Waals surface area contributed by atoms with Crippen LogP contribution in [0.15, 0.2) is 48.5 Å². The van der Waals surface area contributed by atoms with E-state index in [-0.39, 0.29) is 0 Å². The quantitative estimate of drug-likeness (QED) is 0.0548. The van der Waals surface area contributed by atoms with Crippen molar-refractivity contribution in [1.82, 2.24) is 0 Å². The van der Waals surface area contributed by atoms with Gasteiger partial charge in [0.05, 0.1) is 13.2 Å². The lowest BCUT2D eigenvalue weighted by Crippen LogP contribution is -2.66. The number of hydrogen-bond donors (Lipinski definition) is 2. The summed E-state index contributed by atoms with van der Waals surface area (Å²) < 4.78 is 169. The molecule has 0 unspecified atom stereocenters. The van der Waals surface area contributed by atoms with Gasteiger partial charge >= 0.3 is 42.6 Å². The third-order valence-electron chi connectivity index (χ3n) is 6.93. The predicted molar refractivity (Wildman–Crippen MR) is 199 cm³/mol. The minimum Gasteiger partial charge on any atom is -0.494 e. The van der Waals surface area contributed by atoms with Crippen molar-refractivity contribution >= 4 is 65.4 Å². The molecule has 302 valence electrons. The highest BCUT2D eigenvalue weighted by Gasteiger charge is 2.87. The highest BCUT2D eigenvalue weighted by atomic mass is 127. The first-order valence-electron chi connectivity index (χ1n) is 16.1. The summed E-state index contributed by atoms with van der Waals surface area (Å²) in [7, 11) is -14.6. The summed E-state index contributed by atoms with van der Waals surface area (Å²) >= 11 is 4.61. The molecule has 8 nitrogen and oxygen atoms in total. The first-order valence-corrected chi connectivity index (χ1v) is 21.2. The maximum atomic E-state index is 12.6. The fourth-order valence-corrected chi connectivity index (χ4v) is 5.52. The van der Waals surface area contributed by atoms with Crippen LogP contribution < -0.4 is 9.47 Å². The highest BCUT2D eigenvalue weighted by Crippen LogP contribution is 2.55. The van der Waals surface area contributed by atoms with Crippen molar-refractivity contribution in [3.8, 4) is 11.5 Å². The molecule has 0 fully saturated rings. The van der Waals surface area contributed by atoms with Crippen LogP contribution in [0, 0.1) is 7.14 Å². The zero-order valence-corrected chi connectivity index (χ0v) is 34.4. The molecule has 2 aromatic carbocycles. The maximum Gasteiger partial charge on any atom is 0.438 e. The lowest BCUT2D eigenvalue weighted by molar-refractivity contribution is -0.327. The van der Waals surface area contributed by atoms with Gasteiger partial charge in [-0.15, -0.1) is 0 Å². The Labute approximate surface area is 327 Å². The van der Waals surface area contributed by atoms with Gasteiger partial charge in [-0.2, -0.15) is 52.0 Å². The van der Waals surface area contributed by atoms with Crippen LogP contribution >= 0.6 is 45.2 Å². The standard InChI is InChI=1S/2C14H21IO.C4H2F8O6S2/c2*1-2-3-4-5-6-7-12-16-14-10-8-13(15)9-11-14;5-1(6,3(9,10)19(13,14)15)2(7,8)4(11,12)20(16,17)18/h2*8-11H,2-7,12H2,1H3;(H,13,14,15)(H,16,17,18). The van der Waals surface area contributed by atoms with Crippen molar-refractivity contribution < 1.29 is 70.5 Å². The Morgan fingerprint density at radius 3 is 1.00 bits per heavy atom. The van der Waals surface area contributed by atoms with Crippen molar-refractivity contribution in [2.24, 2.45) is 0 Å². The van der Waals surface area contributed by atoms with Crippen molar-refractivity contribution in [1.29, 1.82) is 0 Å². The van der Waals surface area contributed by atoms with Gasteiger partial charge in [0.2, 0.25) is 0 Å². The topological polar surface area (TPSA) is 127 Å². The second-order valence-corrected chi connectivity index (χ2v) is 16.7. The van der Waals surface area contributed by atoms with Crippen LogP contribution in [0.5, 0.6) is 11.5 Å². The minimum absolute atomic E-state index is 0.854. The van der Waals surface area contributed by atoms with Crippen molar-refractivity contribution in [2.75, 3.05) is 13.2 Å². The van der Waals surface area contributed by atoms with Crippen LogP contribution in [0.2, 0.25) is 0 Å². The Hall–Kier alpha value is -1.24. The molecule has 0 aliphatic carbocycles. The van der Waals surface area contributed by atoms with Crippen molar-refractivity contribution in [3.05, 3.63) is 55.7 Å². The fourth-order valence-electron chi connectivity index (χ4n) is 3.90. The van der Waals surface area contributed by atoms with Gasteiger partial charge in [-0.05, 0) is 107 Å². The number of hydrogen-bond acceptors (Lipinski definition) is 6. The first kappa shape index (κ1) is 50.8. The Bertz CT molecular complexity index is 1390. The van der Waals surface area contributed by atoms with E-state index in [1.54, 1.807) is 0 Å². The van der Waals surface area contributed by atoms with Crippen LogP contribution in [0.3, 0.4) is 0 Å². The minimum atomic E-state index is -7.58.